The van der Waals surface area contributed by atoms with E-state index in [0.717, 1.165) is 6.42 Å². The molecule has 0 saturated heterocycles. The maximum atomic E-state index is 12.2. The Labute approximate surface area is 169 Å². The minimum atomic E-state index is -0.293. The molecule has 2 aromatic carbocycles. The molecule has 6 heteroatoms. The summed E-state index contributed by atoms with van der Waals surface area (Å²) >= 11 is 18.7. The fraction of sp³-hybridized carbons (Fsp3) is 0.350. The van der Waals surface area contributed by atoms with Gasteiger partial charge in [-0.1, -0.05) is 60.8 Å². The molecule has 140 valence electrons. The number of halogens is 3. The predicted molar refractivity (Wildman–Crippen MR) is 110 cm³/mol. The summed E-state index contributed by atoms with van der Waals surface area (Å²) in [6, 6.07) is 7.81. The highest BCUT2D eigenvalue weighted by molar-refractivity contribution is 6.42. The highest BCUT2D eigenvalue weighted by Gasteiger charge is 2.18. The first-order valence-corrected chi connectivity index (χ1v) is 9.55. The second-order valence-corrected chi connectivity index (χ2v) is 7.42. The molecule has 0 unspecified atom stereocenters. The lowest BCUT2D eigenvalue weighted by Crippen LogP contribution is -2.20. The standard InChI is InChI=1S/C20H22Cl3NO2/c1-5-11(2)14-6-8-15(9-7-14)24-16(25)10-26-20-18(22)12(3)17(21)13(4)19(20)23/h6-9,11H,5,10H2,1-4H3,(H,24,25)/t11-/m0/s1. The van der Waals surface area contributed by atoms with Crippen LogP contribution in [0.1, 0.15) is 42.9 Å². The van der Waals surface area contributed by atoms with Crippen molar-refractivity contribution in [2.75, 3.05) is 11.9 Å². The van der Waals surface area contributed by atoms with Crippen molar-refractivity contribution in [3.8, 4) is 5.75 Å². The minimum absolute atomic E-state index is 0.201. The number of carbonyl (C=O) groups is 1. The predicted octanol–water partition coefficient (Wildman–Crippen LogP) is 6.79. The van der Waals surface area contributed by atoms with Gasteiger partial charge < -0.3 is 10.1 Å². The van der Waals surface area contributed by atoms with Gasteiger partial charge in [0.15, 0.2) is 12.4 Å². The molecule has 1 N–H and O–H groups in total. The molecule has 1 amide bonds. The number of hydrogen-bond acceptors (Lipinski definition) is 2. The number of rotatable bonds is 6. The Hall–Kier alpha value is -1.42. The summed E-state index contributed by atoms with van der Waals surface area (Å²) in [6.07, 6.45) is 1.07. The lowest BCUT2D eigenvalue weighted by Gasteiger charge is -2.15. The smallest absolute Gasteiger partial charge is 0.262 e. The molecule has 0 aliphatic rings. The third kappa shape index (κ3) is 4.64. The number of amides is 1. The molecule has 0 bridgehead atoms. The first-order valence-electron chi connectivity index (χ1n) is 8.42. The zero-order valence-corrected chi connectivity index (χ0v) is 17.5. The van der Waals surface area contributed by atoms with Gasteiger partial charge in [0.25, 0.3) is 5.91 Å². The van der Waals surface area contributed by atoms with Gasteiger partial charge in [-0.15, -0.1) is 0 Å². The fourth-order valence-corrected chi connectivity index (χ4v) is 3.32. The Balaban J connectivity index is 2.04. The first-order chi connectivity index (χ1) is 12.3. The molecule has 0 radical (unpaired) electrons. The van der Waals surface area contributed by atoms with Crippen LogP contribution in [0.5, 0.6) is 5.75 Å². The van der Waals surface area contributed by atoms with Gasteiger partial charge in [0, 0.05) is 10.7 Å². The summed E-state index contributed by atoms with van der Waals surface area (Å²) in [5.41, 5.74) is 3.30. The number of ether oxygens (including phenoxy) is 1. The molecule has 3 nitrogen and oxygen atoms in total. The van der Waals surface area contributed by atoms with Crippen LogP contribution in [-0.2, 0) is 4.79 Å². The van der Waals surface area contributed by atoms with Crippen LogP contribution in [0.25, 0.3) is 0 Å². The second-order valence-electron chi connectivity index (χ2n) is 6.29. The molecule has 1 atom stereocenters. The minimum Gasteiger partial charge on any atom is -0.481 e. The van der Waals surface area contributed by atoms with E-state index < -0.39 is 0 Å². The van der Waals surface area contributed by atoms with Crippen LogP contribution < -0.4 is 10.1 Å². The van der Waals surface area contributed by atoms with Crippen molar-refractivity contribution in [1.82, 2.24) is 0 Å². The van der Waals surface area contributed by atoms with Crippen LogP contribution in [0.15, 0.2) is 24.3 Å². The summed E-state index contributed by atoms with van der Waals surface area (Å²) in [4.78, 5) is 12.2. The van der Waals surface area contributed by atoms with E-state index in [9.17, 15) is 4.79 Å². The normalized spacial score (nSPS) is 12.0. The zero-order chi connectivity index (χ0) is 19.4. The number of anilines is 1. The number of nitrogens with one attached hydrogen (secondary N) is 1. The lowest BCUT2D eigenvalue weighted by atomic mass is 9.99. The van der Waals surface area contributed by atoms with Gasteiger partial charge in [-0.05, 0) is 55.0 Å². The van der Waals surface area contributed by atoms with E-state index in [1.807, 2.05) is 24.3 Å². The van der Waals surface area contributed by atoms with Crippen LogP contribution in [0.2, 0.25) is 15.1 Å². The molecule has 2 aromatic rings. The van der Waals surface area contributed by atoms with Crippen molar-refractivity contribution in [2.24, 2.45) is 0 Å². The van der Waals surface area contributed by atoms with E-state index >= 15 is 0 Å². The largest absolute Gasteiger partial charge is 0.481 e. The topological polar surface area (TPSA) is 38.3 Å². The summed E-state index contributed by atoms with van der Waals surface area (Å²) < 4.78 is 5.56. The molecule has 2 rings (SSSR count). The van der Waals surface area contributed by atoms with Gasteiger partial charge in [0.2, 0.25) is 0 Å². The van der Waals surface area contributed by atoms with E-state index in [1.54, 1.807) is 13.8 Å². The van der Waals surface area contributed by atoms with Crippen molar-refractivity contribution in [3.05, 3.63) is 56.0 Å². The fourth-order valence-electron chi connectivity index (χ4n) is 2.50. The van der Waals surface area contributed by atoms with E-state index in [4.69, 9.17) is 39.5 Å². The van der Waals surface area contributed by atoms with E-state index in [2.05, 4.69) is 19.2 Å². The third-order valence-electron chi connectivity index (χ3n) is 4.44. The summed E-state index contributed by atoms with van der Waals surface area (Å²) in [5, 5.41) is 3.93. The third-order valence-corrected chi connectivity index (χ3v) is 5.92. The SMILES string of the molecule is CC[C@H](C)c1ccc(NC(=O)COc2c(Cl)c(C)c(Cl)c(C)c2Cl)cc1. The van der Waals surface area contributed by atoms with Crippen LogP contribution in [0.3, 0.4) is 0 Å². The maximum absolute atomic E-state index is 12.2. The Bertz CT molecular complexity index is 775. The molecule has 26 heavy (non-hydrogen) atoms. The van der Waals surface area contributed by atoms with Crippen molar-refractivity contribution in [2.45, 2.75) is 40.0 Å². The zero-order valence-electron chi connectivity index (χ0n) is 15.3. The summed E-state index contributed by atoms with van der Waals surface area (Å²) in [7, 11) is 0. The Kier molecular flexibility index (Phi) is 7.22. The summed E-state index contributed by atoms with van der Waals surface area (Å²) in [5.74, 6) is 0.470. The van der Waals surface area contributed by atoms with Crippen LogP contribution in [0.4, 0.5) is 5.69 Å². The Morgan fingerprint density at radius 1 is 1.04 bits per heavy atom. The lowest BCUT2D eigenvalue weighted by molar-refractivity contribution is -0.118. The first kappa shape index (κ1) is 20.9. The Morgan fingerprint density at radius 3 is 2.08 bits per heavy atom. The highest BCUT2D eigenvalue weighted by atomic mass is 35.5. The number of hydrogen-bond donors (Lipinski definition) is 1. The summed E-state index contributed by atoms with van der Waals surface area (Å²) in [6.45, 7) is 7.67. The molecular formula is C20H22Cl3NO2. The van der Waals surface area contributed by atoms with Crippen LogP contribution in [-0.4, -0.2) is 12.5 Å². The van der Waals surface area contributed by atoms with E-state index in [1.165, 1.54) is 5.56 Å². The van der Waals surface area contributed by atoms with Gasteiger partial charge in [0.1, 0.15) is 0 Å². The van der Waals surface area contributed by atoms with Gasteiger partial charge >= 0.3 is 0 Å². The van der Waals surface area contributed by atoms with Crippen molar-refractivity contribution >= 4 is 46.4 Å². The molecule has 0 aromatic heterocycles. The monoisotopic (exact) mass is 413 g/mol. The molecule has 0 aliphatic heterocycles. The van der Waals surface area contributed by atoms with Crippen LogP contribution >= 0.6 is 34.8 Å². The Morgan fingerprint density at radius 2 is 1.58 bits per heavy atom. The van der Waals surface area contributed by atoms with Gasteiger partial charge in [0.05, 0.1) is 10.0 Å². The average Bonchev–Trinajstić information content (AvgIpc) is 2.64. The molecule has 0 fully saturated rings. The number of carbonyl (C=O) groups excluding carboxylic acids is 1. The second kappa shape index (κ2) is 8.98. The van der Waals surface area contributed by atoms with Crippen molar-refractivity contribution < 1.29 is 9.53 Å². The number of benzene rings is 2. The quantitative estimate of drug-likeness (QED) is 0.564. The molecule has 0 saturated carbocycles. The molecule has 0 aliphatic carbocycles. The molecule has 0 heterocycles. The average molecular weight is 415 g/mol. The molecular weight excluding hydrogens is 393 g/mol. The molecule has 0 spiro atoms. The van der Waals surface area contributed by atoms with Crippen molar-refractivity contribution in [1.29, 1.82) is 0 Å². The van der Waals surface area contributed by atoms with Crippen molar-refractivity contribution in [3.63, 3.8) is 0 Å². The van der Waals surface area contributed by atoms with Gasteiger partial charge in [-0.25, -0.2) is 0 Å². The van der Waals surface area contributed by atoms with E-state index in [0.29, 0.717) is 37.8 Å². The maximum Gasteiger partial charge on any atom is 0.262 e. The van der Waals surface area contributed by atoms with Crippen LogP contribution in [0, 0.1) is 13.8 Å². The van der Waals surface area contributed by atoms with Gasteiger partial charge in [-0.2, -0.15) is 0 Å². The van der Waals surface area contributed by atoms with Gasteiger partial charge in [-0.3, -0.25) is 4.79 Å². The highest BCUT2D eigenvalue weighted by Crippen LogP contribution is 2.42. The van der Waals surface area contributed by atoms with E-state index in [-0.39, 0.29) is 18.3 Å².